The minimum atomic E-state index is -0.735. The molecule has 0 spiro atoms. The molecule has 1 saturated carbocycles. The van der Waals surface area contributed by atoms with E-state index in [-0.39, 0.29) is 0 Å². The van der Waals surface area contributed by atoms with Crippen LogP contribution in [-0.4, -0.2) is 28.9 Å². The Morgan fingerprint density at radius 1 is 1.43 bits per heavy atom. The molecular formula is C16H23Cl2NO2. The number of hydrogen-bond acceptors (Lipinski definition) is 3. The fourth-order valence-corrected chi connectivity index (χ4v) is 3.54. The van der Waals surface area contributed by atoms with E-state index in [9.17, 15) is 10.2 Å². The molecule has 3 atom stereocenters. The highest BCUT2D eigenvalue weighted by molar-refractivity contribution is 6.33. The van der Waals surface area contributed by atoms with Crippen molar-refractivity contribution in [2.75, 3.05) is 13.1 Å². The van der Waals surface area contributed by atoms with Gasteiger partial charge in [-0.05, 0) is 37.0 Å². The van der Waals surface area contributed by atoms with Crippen molar-refractivity contribution in [2.45, 2.75) is 44.3 Å². The van der Waals surface area contributed by atoms with Crippen LogP contribution in [0.1, 0.15) is 44.3 Å². The lowest BCUT2D eigenvalue weighted by atomic mass is 9.79. The summed E-state index contributed by atoms with van der Waals surface area (Å²) in [6, 6.07) is 5.05. The Morgan fingerprint density at radius 2 is 2.19 bits per heavy atom. The van der Waals surface area contributed by atoms with Gasteiger partial charge in [-0.3, -0.25) is 0 Å². The van der Waals surface area contributed by atoms with E-state index in [1.807, 2.05) is 0 Å². The van der Waals surface area contributed by atoms with Crippen LogP contribution in [0.3, 0.4) is 0 Å². The predicted octanol–water partition coefficient (Wildman–Crippen LogP) is 3.56. The Kier molecular flexibility index (Phi) is 5.92. The number of benzene rings is 1. The van der Waals surface area contributed by atoms with E-state index in [0.717, 1.165) is 19.3 Å². The lowest BCUT2D eigenvalue weighted by Gasteiger charge is -2.36. The van der Waals surface area contributed by atoms with Crippen LogP contribution < -0.4 is 5.32 Å². The highest BCUT2D eigenvalue weighted by atomic mass is 35.5. The van der Waals surface area contributed by atoms with Crippen molar-refractivity contribution in [2.24, 2.45) is 5.92 Å². The maximum atomic E-state index is 10.5. The van der Waals surface area contributed by atoms with Crippen molar-refractivity contribution in [3.8, 4) is 0 Å². The molecule has 2 rings (SSSR count). The van der Waals surface area contributed by atoms with Crippen LogP contribution in [0.5, 0.6) is 0 Å². The monoisotopic (exact) mass is 331 g/mol. The molecule has 0 aliphatic heterocycles. The number of nitrogens with one attached hydrogen (secondary N) is 1. The second-order valence-corrected chi connectivity index (χ2v) is 7.08. The summed E-state index contributed by atoms with van der Waals surface area (Å²) in [7, 11) is 0. The molecular weight excluding hydrogens is 309 g/mol. The lowest BCUT2D eigenvalue weighted by molar-refractivity contribution is -0.0135. The van der Waals surface area contributed by atoms with Crippen molar-refractivity contribution in [3.63, 3.8) is 0 Å². The maximum Gasteiger partial charge on any atom is 0.0929 e. The van der Waals surface area contributed by atoms with E-state index in [2.05, 4.69) is 12.2 Å². The van der Waals surface area contributed by atoms with Gasteiger partial charge in [-0.2, -0.15) is 0 Å². The Bertz CT molecular complexity index is 483. The third-order valence-electron chi connectivity index (χ3n) is 4.18. The highest BCUT2D eigenvalue weighted by Crippen LogP contribution is 2.32. The van der Waals surface area contributed by atoms with Gasteiger partial charge >= 0.3 is 0 Å². The Balaban J connectivity index is 1.86. The molecule has 1 fully saturated rings. The fraction of sp³-hybridized carbons (Fsp3) is 0.625. The van der Waals surface area contributed by atoms with E-state index in [4.69, 9.17) is 23.2 Å². The van der Waals surface area contributed by atoms with Gasteiger partial charge in [0.25, 0.3) is 0 Å². The van der Waals surface area contributed by atoms with Crippen molar-refractivity contribution in [1.82, 2.24) is 5.32 Å². The van der Waals surface area contributed by atoms with Crippen molar-refractivity contribution < 1.29 is 10.2 Å². The number of hydrogen-bond donors (Lipinski definition) is 3. The second-order valence-electron chi connectivity index (χ2n) is 6.24. The molecule has 3 N–H and O–H groups in total. The molecule has 1 aliphatic carbocycles. The molecule has 21 heavy (non-hydrogen) atoms. The summed E-state index contributed by atoms with van der Waals surface area (Å²) in [5.74, 6) is 0.554. The van der Waals surface area contributed by atoms with E-state index < -0.39 is 11.7 Å². The van der Waals surface area contributed by atoms with Crippen molar-refractivity contribution in [1.29, 1.82) is 0 Å². The molecule has 5 heteroatoms. The highest BCUT2D eigenvalue weighted by Gasteiger charge is 2.32. The van der Waals surface area contributed by atoms with Gasteiger partial charge in [0.15, 0.2) is 0 Å². The molecule has 0 aromatic heterocycles. The van der Waals surface area contributed by atoms with Gasteiger partial charge in [0.2, 0.25) is 0 Å². The van der Waals surface area contributed by atoms with Gasteiger partial charge in [-0.1, -0.05) is 43.0 Å². The molecule has 3 nitrogen and oxygen atoms in total. The quantitative estimate of drug-likeness (QED) is 0.773. The van der Waals surface area contributed by atoms with Crippen LogP contribution in [-0.2, 0) is 0 Å². The lowest BCUT2D eigenvalue weighted by Crippen LogP contribution is -2.44. The zero-order valence-corrected chi connectivity index (χ0v) is 13.8. The first-order chi connectivity index (χ1) is 9.89. The van der Waals surface area contributed by atoms with Gasteiger partial charge in [-0.25, -0.2) is 0 Å². The Labute approximate surface area is 136 Å². The van der Waals surface area contributed by atoms with Gasteiger partial charge in [-0.15, -0.1) is 0 Å². The third kappa shape index (κ3) is 4.83. The first-order valence-electron chi connectivity index (χ1n) is 7.46. The Morgan fingerprint density at radius 3 is 2.90 bits per heavy atom. The number of halogens is 2. The Hall–Kier alpha value is -0.320. The molecule has 118 valence electrons. The first-order valence-corrected chi connectivity index (χ1v) is 8.21. The molecule has 1 aliphatic rings. The largest absolute Gasteiger partial charge is 0.389 e. The van der Waals surface area contributed by atoms with Crippen LogP contribution in [0, 0.1) is 5.92 Å². The van der Waals surface area contributed by atoms with E-state index in [0.29, 0.717) is 34.6 Å². The van der Waals surface area contributed by atoms with Crippen LogP contribution in [0.4, 0.5) is 0 Å². The molecule has 0 radical (unpaired) electrons. The smallest absolute Gasteiger partial charge is 0.0929 e. The fourth-order valence-electron chi connectivity index (χ4n) is 3.11. The number of aliphatic hydroxyl groups is 2. The molecule has 1 aromatic rings. The molecule has 0 heterocycles. The van der Waals surface area contributed by atoms with Crippen LogP contribution >= 0.6 is 23.2 Å². The van der Waals surface area contributed by atoms with Gasteiger partial charge < -0.3 is 15.5 Å². The van der Waals surface area contributed by atoms with Crippen LogP contribution in [0.25, 0.3) is 0 Å². The maximum absolute atomic E-state index is 10.5. The van der Waals surface area contributed by atoms with Gasteiger partial charge in [0.05, 0.1) is 11.7 Å². The van der Waals surface area contributed by atoms with Crippen LogP contribution in [0.15, 0.2) is 18.2 Å². The molecule has 1 aromatic carbocycles. The summed E-state index contributed by atoms with van der Waals surface area (Å²) < 4.78 is 0. The summed E-state index contributed by atoms with van der Waals surface area (Å²) in [5.41, 5.74) is -0.0455. The molecule has 3 unspecified atom stereocenters. The minimum absolute atomic E-state index is 0.344. The van der Waals surface area contributed by atoms with Crippen LogP contribution in [0.2, 0.25) is 10.0 Å². The average molecular weight is 332 g/mol. The molecule has 0 saturated heterocycles. The average Bonchev–Trinajstić information content (AvgIpc) is 2.41. The topological polar surface area (TPSA) is 52.5 Å². The van der Waals surface area contributed by atoms with Crippen molar-refractivity contribution >= 4 is 23.2 Å². The zero-order valence-electron chi connectivity index (χ0n) is 12.3. The second kappa shape index (κ2) is 7.30. The van der Waals surface area contributed by atoms with Gasteiger partial charge in [0.1, 0.15) is 0 Å². The SMILES string of the molecule is CC1CCCC(O)(CNCC(O)c2cc(Cl)ccc2Cl)C1. The predicted molar refractivity (Wildman–Crippen MR) is 86.9 cm³/mol. The van der Waals surface area contributed by atoms with E-state index >= 15 is 0 Å². The summed E-state index contributed by atoms with van der Waals surface area (Å²) in [6.07, 6.45) is 3.14. The number of aliphatic hydroxyl groups excluding tert-OH is 1. The minimum Gasteiger partial charge on any atom is -0.389 e. The summed E-state index contributed by atoms with van der Waals surface area (Å²) in [6.45, 7) is 3.01. The van der Waals surface area contributed by atoms with Crippen molar-refractivity contribution in [3.05, 3.63) is 33.8 Å². The zero-order chi connectivity index (χ0) is 15.5. The standard InChI is InChI=1S/C16H23Cl2NO2/c1-11-3-2-6-16(21,8-11)10-19-9-15(20)13-7-12(17)4-5-14(13)18/h4-5,7,11,15,19-21H,2-3,6,8-10H2,1H3. The number of rotatable bonds is 5. The summed E-state index contributed by atoms with van der Waals surface area (Å²) >= 11 is 12.0. The summed E-state index contributed by atoms with van der Waals surface area (Å²) in [5, 5.41) is 24.9. The first kappa shape index (κ1) is 17.0. The molecule has 0 amide bonds. The third-order valence-corrected chi connectivity index (χ3v) is 4.76. The normalized spacial score (nSPS) is 27.6. The molecule has 0 bridgehead atoms. The van der Waals surface area contributed by atoms with E-state index in [1.54, 1.807) is 18.2 Å². The summed E-state index contributed by atoms with van der Waals surface area (Å²) in [4.78, 5) is 0. The van der Waals surface area contributed by atoms with Gasteiger partial charge in [0, 0.05) is 28.7 Å². The van der Waals surface area contributed by atoms with E-state index in [1.165, 1.54) is 6.42 Å².